The van der Waals surface area contributed by atoms with E-state index in [4.69, 9.17) is 0 Å². The first kappa shape index (κ1) is 14.2. The first-order valence-corrected chi connectivity index (χ1v) is 6.22. The molecule has 0 spiro atoms. The molecule has 0 aliphatic carbocycles. The molecule has 0 radical (unpaired) electrons. The molecule has 96 valence electrons. The molecule has 3 nitrogen and oxygen atoms in total. The third kappa shape index (κ3) is 3.06. The molecule has 0 saturated carbocycles. The molecule has 0 atom stereocenters. The van der Waals surface area contributed by atoms with E-state index in [0.717, 1.165) is 16.5 Å². The summed E-state index contributed by atoms with van der Waals surface area (Å²) in [5, 5.41) is 3.53. The molecule has 0 aliphatic rings. The first-order chi connectivity index (χ1) is 8.65. The van der Waals surface area contributed by atoms with E-state index in [-0.39, 0.29) is 5.91 Å². The van der Waals surface area contributed by atoms with Gasteiger partial charge in [-0.15, -0.1) is 0 Å². The number of hydrogen-bond acceptors (Lipinski definition) is 2. The zero-order valence-electron chi connectivity index (χ0n) is 11.4. The smallest absolute Gasteiger partial charge is 0.251 e. The van der Waals surface area contributed by atoms with Crippen LogP contribution in [-0.4, -0.2) is 17.9 Å². The summed E-state index contributed by atoms with van der Waals surface area (Å²) >= 11 is 0. The molecular formula is C15H20N2O. The summed E-state index contributed by atoms with van der Waals surface area (Å²) in [6.07, 6.45) is 2.92. The van der Waals surface area contributed by atoms with Gasteiger partial charge in [-0.3, -0.25) is 9.78 Å². The van der Waals surface area contributed by atoms with Crippen LogP contribution in [0, 0.1) is 6.92 Å². The number of carbonyl (C=O) groups is 1. The summed E-state index contributed by atoms with van der Waals surface area (Å²) in [6, 6.07) is 7.58. The standard InChI is InChI=1S/C12H12N2O.C3H8/c1-8-4-3-5-9-10(12(15)13-2)6-7-14-11(8)9;1-3-2/h3-7H,1-2H3,(H,13,15);3H2,1-2H3. The molecule has 1 aromatic heterocycles. The molecule has 3 heteroatoms. The number of pyridine rings is 1. The van der Waals surface area contributed by atoms with Crippen molar-refractivity contribution >= 4 is 16.8 Å². The van der Waals surface area contributed by atoms with Gasteiger partial charge in [-0.2, -0.15) is 0 Å². The summed E-state index contributed by atoms with van der Waals surface area (Å²) < 4.78 is 0. The zero-order chi connectivity index (χ0) is 13.5. The van der Waals surface area contributed by atoms with Gasteiger partial charge in [-0.05, 0) is 18.6 Å². The number of amides is 1. The van der Waals surface area contributed by atoms with Crippen molar-refractivity contribution in [3.8, 4) is 0 Å². The van der Waals surface area contributed by atoms with Crippen LogP contribution < -0.4 is 5.32 Å². The van der Waals surface area contributed by atoms with Crippen LogP contribution in [0.1, 0.15) is 36.2 Å². The van der Waals surface area contributed by atoms with E-state index < -0.39 is 0 Å². The van der Waals surface area contributed by atoms with E-state index in [1.54, 1.807) is 19.3 Å². The highest BCUT2D eigenvalue weighted by Crippen LogP contribution is 2.19. The SMILES string of the molecule is CCC.CNC(=O)c1ccnc2c(C)cccc12. The molecule has 0 aliphatic heterocycles. The van der Waals surface area contributed by atoms with E-state index in [1.165, 1.54) is 6.42 Å². The van der Waals surface area contributed by atoms with Gasteiger partial charge < -0.3 is 5.32 Å². The van der Waals surface area contributed by atoms with Gasteiger partial charge in [0.2, 0.25) is 0 Å². The highest BCUT2D eigenvalue weighted by Gasteiger charge is 2.09. The van der Waals surface area contributed by atoms with E-state index in [0.29, 0.717) is 5.56 Å². The summed E-state index contributed by atoms with van der Waals surface area (Å²) in [6.45, 7) is 6.24. The number of nitrogens with zero attached hydrogens (tertiary/aromatic N) is 1. The highest BCUT2D eigenvalue weighted by atomic mass is 16.1. The number of hydrogen-bond donors (Lipinski definition) is 1. The topological polar surface area (TPSA) is 42.0 Å². The Morgan fingerprint density at radius 3 is 2.56 bits per heavy atom. The van der Waals surface area contributed by atoms with Gasteiger partial charge >= 0.3 is 0 Å². The maximum Gasteiger partial charge on any atom is 0.251 e. The van der Waals surface area contributed by atoms with Crippen LogP contribution in [0.3, 0.4) is 0 Å². The molecule has 1 aromatic carbocycles. The Morgan fingerprint density at radius 2 is 1.94 bits per heavy atom. The fourth-order valence-corrected chi connectivity index (χ4v) is 1.66. The Morgan fingerprint density at radius 1 is 1.28 bits per heavy atom. The molecule has 1 N–H and O–H groups in total. The third-order valence-electron chi connectivity index (χ3n) is 2.44. The summed E-state index contributed by atoms with van der Waals surface area (Å²) in [7, 11) is 1.63. The molecule has 0 fully saturated rings. The molecule has 1 heterocycles. The number of fused-ring (bicyclic) bond motifs is 1. The van der Waals surface area contributed by atoms with Crippen molar-refractivity contribution in [1.82, 2.24) is 10.3 Å². The number of rotatable bonds is 1. The Labute approximate surface area is 108 Å². The number of carbonyl (C=O) groups excluding carboxylic acids is 1. The predicted molar refractivity (Wildman–Crippen MR) is 75.8 cm³/mol. The van der Waals surface area contributed by atoms with Crippen LogP contribution >= 0.6 is 0 Å². The first-order valence-electron chi connectivity index (χ1n) is 6.22. The van der Waals surface area contributed by atoms with Crippen molar-refractivity contribution in [2.75, 3.05) is 7.05 Å². The Balaban J connectivity index is 0.000000492. The summed E-state index contributed by atoms with van der Waals surface area (Å²) in [5.74, 6) is -0.0759. The second-order valence-corrected chi connectivity index (χ2v) is 4.12. The number of para-hydroxylation sites is 1. The lowest BCUT2D eigenvalue weighted by Gasteiger charge is -2.05. The van der Waals surface area contributed by atoms with E-state index >= 15 is 0 Å². The minimum absolute atomic E-state index is 0.0759. The lowest BCUT2D eigenvalue weighted by molar-refractivity contribution is 0.0964. The quantitative estimate of drug-likeness (QED) is 0.836. The van der Waals surface area contributed by atoms with Crippen molar-refractivity contribution in [3.63, 3.8) is 0 Å². The number of nitrogens with one attached hydrogen (secondary N) is 1. The Hall–Kier alpha value is -1.90. The van der Waals surface area contributed by atoms with Gasteiger partial charge in [-0.25, -0.2) is 0 Å². The maximum absolute atomic E-state index is 11.6. The van der Waals surface area contributed by atoms with Crippen LogP contribution in [0.2, 0.25) is 0 Å². The molecule has 0 bridgehead atoms. The van der Waals surface area contributed by atoms with Crippen molar-refractivity contribution in [1.29, 1.82) is 0 Å². The minimum atomic E-state index is -0.0759. The predicted octanol–water partition coefficient (Wildman–Crippen LogP) is 3.32. The van der Waals surface area contributed by atoms with Crippen molar-refractivity contribution in [2.24, 2.45) is 0 Å². The summed E-state index contributed by atoms with van der Waals surface area (Å²) in [4.78, 5) is 15.9. The molecule has 1 amide bonds. The van der Waals surface area contributed by atoms with Crippen molar-refractivity contribution in [2.45, 2.75) is 27.2 Å². The van der Waals surface area contributed by atoms with E-state index in [9.17, 15) is 4.79 Å². The zero-order valence-corrected chi connectivity index (χ0v) is 11.4. The lowest BCUT2D eigenvalue weighted by Crippen LogP contribution is -2.18. The molecule has 0 unspecified atom stereocenters. The molecular weight excluding hydrogens is 224 g/mol. The van der Waals surface area contributed by atoms with Crippen molar-refractivity contribution < 1.29 is 4.79 Å². The number of aromatic nitrogens is 1. The Kier molecular flexibility index (Phi) is 5.31. The van der Waals surface area contributed by atoms with Crippen LogP contribution in [-0.2, 0) is 0 Å². The third-order valence-corrected chi connectivity index (χ3v) is 2.44. The van der Waals surface area contributed by atoms with Crippen LogP contribution in [0.25, 0.3) is 10.9 Å². The van der Waals surface area contributed by atoms with Gasteiger partial charge in [0.1, 0.15) is 0 Å². The van der Waals surface area contributed by atoms with Gasteiger partial charge in [0.25, 0.3) is 5.91 Å². The second-order valence-electron chi connectivity index (χ2n) is 4.12. The van der Waals surface area contributed by atoms with Crippen LogP contribution in [0.5, 0.6) is 0 Å². The average molecular weight is 244 g/mol. The fraction of sp³-hybridized carbons (Fsp3) is 0.333. The molecule has 18 heavy (non-hydrogen) atoms. The normalized spacial score (nSPS) is 9.56. The molecule has 0 saturated heterocycles. The van der Waals surface area contributed by atoms with Crippen LogP contribution in [0.15, 0.2) is 30.5 Å². The average Bonchev–Trinajstić information content (AvgIpc) is 2.39. The van der Waals surface area contributed by atoms with Gasteiger partial charge in [-0.1, -0.05) is 38.5 Å². The number of benzene rings is 1. The second kappa shape index (κ2) is 6.74. The molecule has 2 rings (SSSR count). The maximum atomic E-state index is 11.6. The lowest BCUT2D eigenvalue weighted by atomic mass is 10.1. The number of aryl methyl sites for hydroxylation is 1. The summed E-state index contributed by atoms with van der Waals surface area (Å²) in [5.41, 5.74) is 2.64. The van der Waals surface area contributed by atoms with Crippen LogP contribution in [0.4, 0.5) is 0 Å². The monoisotopic (exact) mass is 244 g/mol. The van der Waals surface area contributed by atoms with Gasteiger partial charge in [0.15, 0.2) is 0 Å². The molecule has 2 aromatic rings. The highest BCUT2D eigenvalue weighted by molar-refractivity contribution is 6.06. The van der Waals surface area contributed by atoms with Gasteiger partial charge in [0.05, 0.1) is 11.1 Å². The van der Waals surface area contributed by atoms with Crippen molar-refractivity contribution in [3.05, 3.63) is 41.6 Å². The fourth-order valence-electron chi connectivity index (χ4n) is 1.66. The van der Waals surface area contributed by atoms with Gasteiger partial charge in [0, 0.05) is 18.6 Å². The van der Waals surface area contributed by atoms with E-state index in [2.05, 4.69) is 24.1 Å². The van der Waals surface area contributed by atoms with E-state index in [1.807, 2.05) is 25.1 Å². The minimum Gasteiger partial charge on any atom is -0.355 e. The Bertz CT molecular complexity index is 535. The largest absolute Gasteiger partial charge is 0.355 e.